The van der Waals surface area contributed by atoms with Crippen molar-refractivity contribution in [3.8, 4) is 28.9 Å². The van der Waals surface area contributed by atoms with Crippen LogP contribution in [0.25, 0.3) is 11.4 Å². The normalized spacial score (nSPS) is 12.4. The Morgan fingerprint density at radius 2 is 2.00 bits per heavy atom. The molecule has 11 nitrogen and oxygen atoms in total. The molecule has 27 heavy (non-hydrogen) atoms. The Bertz CT molecular complexity index is 1070. The van der Waals surface area contributed by atoms with E-state index in [0.29, 0.717) is 36.1 Å². The number of rotatable bonds is 3. The average Bonchev–Trinajstić information content (AvgIpc) is 3.34. The number of nitrogens with two attached hydrogens (primary N) is 1. The highest BCUT2D eigenvalue weighted by molar-refractivity contribution is 5.96. The number of esters is 1. The summed E-state index contributed by atoms with van der Waals surface area (Å²) in [5.74, 6) is 0.303. The number of hydrogen-bond donors (Lipinski definition) is 1. The SMILES string of the molecule is COC(=O)c1c(N)c(C#N)cn1-c1cc2c(cc1-n1cnnn1)OCCO2. The molecule has 0 saturated heterocycles. The summed E-state index contributed by atoms with van der Waals surface area (Å²) in [7, 11) is 1.23. The highest BCUT2D eigenvalue weighted by Gasteiger charge is 2.26. The molecular formula is C16H13N7O4. The Morgan fingerprint density at radius 1 is 1.30 bits per heavy atom. The first kappa shape index (κ1) is 16.4. The van der Waals surface area contributed by atoms with Crippen LogP contribution in [0.2, 0.25) is 0 Å². The van der Waals surface area contributed by atoms with E-state index < -0.39 is 5.97 Å². The minimum Gasteiger partial charge on any atom is -0.486 e. The van der Waals surface area contributed by atoms with Crippen LogP contribution in [0.15, 0.2) is 24.7 Å². The van der Waals surface area contributed by atoms with Gasteiger partial charge in [-0.25, -0.2) is 4.79 Å². The molecule has 4 rings (SSSR count). The third-order valence-electron chi connectivity index (χ3n) is 4.04. The lowest BCUT2D eigenvalue weighted by molar-refractivity contribution is 0.0593. The average molecular weight is 367 g/mol. The van der Waals surface area contributed by atoms with Crippen LogP contribution in [0, 0.1) is 11.3 Å². The predicted octanol–water partition coefficient (Wildman–Crippen LogP) is 0.465. The van der Waals surface area contributed by atoms with Crippen LogP contribution in [0.4, 0.5) is 5.69 Å². The van der Waals surface area contributed by atoms with Crippen LogP contribution in [-0.2, 0) is 4.74 Å². The second-order valence-corrected chi connectivity index (χ2v) is 5.52. The van der Waals surface area contributed by atoms with Gasteiger partial charge in [-0.15, -0.1) is 5.10 Å². The molecule has 2 N–H and O–H groups in total. The van der Waals surface area contributed by atoms with Crippen LogP contribution in [0.1, 0.15) is 16.1 Å². The fourth-order valence-corrected chi connectivity index (χ4v) is 2.82. The molecule has 136 valence electrons. The summed E-state index contributed by atoms with van der Waals surface area (Å²) in [6.07, 6.45) is 2.84. The highest BCUT2D eigenvalue weighted by Crippen LogP contribution is 2.38. The molecule has 0 unspecified atom stereocenters. The van der Waals surface area contributed by atoms with Crippen LogP contribution in [0.3, 0.4) is 0 Å². The molecule has 3 aromatic rings. The molecule has 0 atom stereocenters. The van der Waals surface area contributed by atoms with Gasteiger partial charge < -0.3 is 24.5 Å². The maximum Gasteiger partial charge on any atom is 0.357 e. The van der Waals surface area contributed by atoms with Crippen molar-refractivity contribution in [1.29, 1.82) is 5.26 Å². The molecule has 0 aliphatic carbocycles. The zero-order valence-corrected chi connectivity index (χ0v) is 14.1. The Hall–Kier alpha value is -4.07. The number of nitrogens with zero attached hydrogens (tertiary/aromatic N) is 6. The van der Waals surface area contributed by atoms with Gasteiger partial charge >= 0.3 is 5.97 Å². The van der Waals surface area contributed by atoms with E-state index in [4.69, 9.17) is 19.9 Å². The summed E-state index contributed by atoms with van der Waals surface area (Å²) < 4.78 is 18.9. The van der Waals surface area contributed by atoms with E-state index in [1.165, 1.54) is 28.9 Å². The van der Waals surface area contributed by atoms with Gasteiger partial charge in [-0.2, -0.15) is 9.94 Å². The molecule has 11 heteroatoms. The van der Waals surface area contributed by atoms with Gasteiger partial charge in [0.2, 0.25) is 0 Å². The molecule has 0 amide bonds. The van der Waals surface area contributed by atoms with Crippen molar-refractivity contribution >= 4 is 11.7 Å². The van der Waals surface area contributed by atoms with E-state index in [-0.39, 0.29) is 16.9 Å². The minimum absolute atomic E-state index is 0.0139. The molecule has 0 radical (unpaired) electrons. The Morgan fingerprint density at radius 3 is 2.59 bits per heavy atom. The zero-order chi connectivity index (χ0) is 19.0. The third kappa shape index (κ3) is 2.60. The number of nitrogen functional groups attached to an aromatic ring is 1. The number of carbonyl (C=O) groups is 1. The van der Waals surface area contributed by atoms with Gasteiger partial charge in [0.25, 0.3) is 0 Å². The lowest BCUT2D eigenvalue weighted by Gasteiger charge is -2.21. The van der Waals surface area contributed by atoms with Crippen LogP contribution in [0.5, 0.6) is 11.5 Å². The minimum atomic E-state index is -0.688. The van der Waals surface area contributed by atoms with Crippen molar-refractivity contribution in [1.82, 2.24) is 24.8 Å². The van der Waals surface area contributed by atoms with E-state index in [9.17, 15) is 10.1 Å². The maximum atomic E-state index is 12.3. The van der Waals surface area contributed by atoms with Gasteiger partial charge in [0.05, 0.1) is 29.7 Å². The number of fused-ring (bicyclic) bond motifs is 1. The number of carbonyl (C=O) groups excluding carboxylic acids is 1. The van der Waals surface area contributed by atoms with Gasteiger partial charge in [0.1, 0.15) is 25.6 Å². The summed E-state index contributed by atoms with van der Waals surface area (Å²) in [5, 5.41) is 20.5. The van der Waals surface area contributed by atoms with E-state index >= 15 is 0 Å². The van der Waals surface area contributed by atoms with Crippen molar-refractivity contribution in [3.05, 3.63) is 35.9 Å². The lowest BCUT2D eigenvalue weighted by Crippen LogP contribution is -2.18. The molecule has 1 aromatic carbocycles. The molecule has 0 saturated carbocycles. The Balaban J connectivity index is 2.02. The quantitative estimate of drug-likeness (QED) is 0.653. The number of benzene rings is 1. The van der Waals surface area contributed by atoms with Crippen molar-refractivity contribution in [2.75, 3.05) is 26.1 Å². The predicted molar refractivity (Wildman–Crippen MR) is 89.9 cm³/mol. The van der Waals surface area contributed by atoms with Crippen molar-refractivity contribution in [2.45, 2.75) is 0 Å². The van der Waals surface area contributed by atoms with Gasteiger partial charge in [-0.3, -0.25) is 0 Å². The fraction of sp³-hybridized carbons (Fsp3) is 0.188. The third-order valence-corrected chi connectivity index (χ3v) is 4.04. The number of hydrogen-bond acceptors (Lipinski definition) is 9. The van der Waals surface area contributed by atoms with Gasteiger partial charge in [-0.05, 0) is 10.4 Å². The standard InChI is InChI=1S/C16H13N7O4/c1-25-16(24)15-14(18)9(6-17)7-22(15)10-4-12-13(27-3-2-26-12)5-11(10)23-8-19-20-21-23/h4-5,7-8H,2-3,18H2,1H3. The monoisotopic (exact) mass is 367 g/mol. The summed E-state index contributed by atoms with van der Waals surface area (Å²) in [6, 6.07) is 5.31. The summed E-state index contributed by atoms with van der Waals surface area (Å²) in [5.41, 5.74) is 7.10. The maximum absolute atomic E-state index is 12.3. The van der Waals surface area contributed by atoms with Crippen LogP contribution >= 0.6 is 0 Å². The van der Waals surface area contributed by atoms with Gasteiger partial charge in [-0.1, -0.05) is 0 Å². The fourth-order valence-electron chi connectivity index (χ4n) is 2.82. The smallest absolute Gasteiger partial charge is 0.357 e. The molecule has 0 fully saturated rings. The zero-order valence-electron chi connectivity index (χ0n) is 14.1. The first-order valence-electron chi connectivity index (χ1n) is 7.80. The lowest BCUT2D eigenvalue weighted by atomic mass is 10.2. The van der Waals surface area contributed by atoms with E-state index in [0.717, 1.165) is 0 Å². The van der Waals surface area contributed by atoms with Crippen LogP contribution < -0.4 is 15.2 Å². The second-order valence-electron chi connectivity index (χ2n) is 5.52. The number of anilines is 1. The number of methoxy groups -OCH3 is 1. The first-order chi connectivity index (χ1) is 13.1. The molecule has 2 aromatic heterocycles. The van der Waals surface area contributed by atoms with E-state index in [1.54, 1.807) is 12.1 Å². The molecule has 0 spiro atoms. The highest BCUT2D eigenvalue weighted by atomic mass is 16.6. The first-order valence-corrected chi connectivity index (χ1v) is 7.80. The molecule has 0 bridgehead atoms. The molecule has 1 aliphatic heterocycles. The van der Waals surface area contributed by atoms with Crippen molar-refractivity contribution in [3.63, 3.8) is 0 Å². The second kappa shape index (κ2) is 6.34. The number of ether oxygens (including phenoxy) is 3. The topological polar surface area (TPSA) is 143 Å². The summed E-state index contributed by atoms with van der Waals surface area (Å²) in [6.45, 7) is 0.793. The molecular weight excluding hydrogens is 354 g/mol. The molecule has 1 aliphatic rings. The molecule has 3 heterocycles. The summed E-state index contributed by atoms with van der Waals surface area (Å²) in [4.78, 5) is 12.3. The van der Waals surface area contributed by atoms with Crippen molar-refractivity contribution < 1.29 is 19.0 Å². The van der Waals surface area contributed by atoms with Crippen LogP contribution in [-0.4, -0.2) is 51.1 Å². The largest absolute Gasteiger partial charge is 0.486 e. The number of nitriles is 1. The number of tetrazole rings is 1. The number of aromatic nitrogens is 5. The van der Waals surface area contributed by atoms with E-state index in [2.05, 4.69) is 15.5 Å². The van der Waals surface area contributed by atoms with E-state index in [1.807, 2.05) is 6.07 Å². The summed E-state index contributed by atoms with van der Waals surface area (Å²) >= 11 is 0. The van der Waals surface area contributed by atoms with Crippen molar-refractivity contribution in [2.24, 2.45) is 0 Å². The van der Waals surface area contributed by atoms with Gasteiger partial charge in [0.15, 0.2) is 17.2 Å². The van der Waals surface area contributed by atoms with Gasteiger partial charge in [0, 0.05) is 18.3 Å². The Kier molecular flexibility index (Phi) is 3.85. The Labute approximate surface area is 152 Å².